The maximum absolute atomic E-state index is 12.4. The summed E-state index contributed by atoms with van der Waals surface area (Å²) in [4.78, 5) is 28.9. The molecule has 3 aromatic rings. The summed E-state index contributed by atoms with van der Waals surface area (Å²) in [7, 11) is 2.10. The molecule has 2 aliphatic rings. The highest BCUT2D eigenvalue weighted by Gasteiger charge is 2.23. The molecule has 2 saturated heterocycles. The molecule has 0 bridgehead atoms. The van der Waals surface area contributed by atoms with Crippen molar-refractivity contribution >= 4 is 22.8 Å². The SMILES string of the molecule is C[C@H]1CCC[C@H](ONC(=O)c2cnc(N3CCC(CNCc4cn(C)c5ccccc45)CC3)nc2)O1. The normalized spacial score (nSPS) is 21.1. The lowest BCUT2D eigenvalue weighted by atomic mass is 9.97. The number of nitrogens with one attached hydrogen (secondary N) is 2. The molecule has 2 atom stereocenters. The molecule has 2 fully saturated rings. The lowest BCUT2D eigenvalue weighted by molar-refractivity contribution is -0.210. The van der Waals surface area contributed by atoms with E-state index in [0.29, 0.717) is 17.4 Å². The number of benzene rings is 1. The van der Waals surface area contributed by atoms with Gasteiger partial charge in [-0.25, -0.2) is 20.3 Å². The highest BCUT2D eigenvalue weighted by Crippen LogP contribution is 2.23. The van der Waals surface area contributed by atoms with Crippen LogP contribution in [0.15, 0.2) is 42.9 Å². The third-order valence-corrected chi connectivity index (χ3v) is 7.24. The molecule has 2 N–H and O–H groups in total. The monoisotopic (exact) mass is 492 g/mol. The fourth-order valence-electron chi connectivity index (χ4n) is 5.15. The molecule has 0 saturated carbocycles. The summed E-state index contributed by atoms with van der Waals surface area (Å²) < 4.78 is 7.86. The van der Waals surface area contributed by atoms with Crippen LogP contribution in [0.5, 0.6) is 0 Å². The van der Waals surface area contributed by atoms with Crippen LogP contribution in [0.2, 0.25) is 0 Å². The number of amides is 1. The van der Waals surface area contributed by atoms with E-state index in [0.717, 1.165) is 58.3 Å². The lowest BCUT2D eigenvalue weighted by Crippen LogP contribution is -2.38. The number of piperidine rings is 1. The fraction of sp³-hybridized carbons (Fsp3) is 0.519. The Morgan fingerprint density at radius 1 is 1.14 bits per heavy atom. The first-order valence-electron chi connectivity index (χ1n) is 13.0. The number of hydrogen-bond acceptors (Lipinski definition) is 7. The van der Waals surface area contributed by atoms with Gasteiger partial charge in [-0.05, 0) is 56.7 Å². The minimum Gasteiger partial charge on any atom is -0.350 e. The van der Waals surface area contributed by atoms with Crippen molar-refractivity contribution in [3.05, 3.63) is 54.0 Å². The summed E-state index contributed by atoms with van der Waals surface area (Å²) >= 11 is 0. The van der Waals surface area contributed by atoms with Gasteiger partial charge in [0, 0.05) is 62.6 Å². The summed E-state index contributed by atoms with van der Waals surface area (Å²) in [5.74, 6) is 0.932. The zero-order valence-corrected chi connectivity index (χ0v) is 21.2. The molecule has 9 nitrogen and oxygen atoms in total. The van der Waals surface area contributed by atoms with Gasteiger partial charge in [-0.2, -0.15) is 0 Å². The summed E-state index contributed by atoms with van der Waals surface area (Å²) in [6, 6.07) is 8.54. The molecule has 2 aromatic heterocycles. The summed E-state index contributed by atoms with van der Waals surface area (Å²) in [5, 5.41) is 4.98. The van der Waals surface area contributed by atoms with E-state index in [1.54, 1.807) is 12.4 Å². The summed E-state index contributed by atoms with van der Waals surface area (Å²) in [5.41, 5.74) is 5.45. The van der Waals surface area contributed by atoms with Gasteiger partial charge >= 0.3 is 0 Å². The Kier molecular flexibility index (Phi) is 7.79. The van der Waals surface area contributed by atoms with Crippen LogP contribution >= 0.6 is 0 Å². The Morgan fingerprint density at radius 2 is 1.92 bits per heavy atom. The molecular weight excluding hydrogens is 456 g/mol. The van der Waals surface area contributed by atoms with Gasteiger partial charge in [-0.1, -0.05) is 18.2 Å². The van der Waals surface area contributed by atoms with E-state index >= 15 is 0 Å². The highest BCUT2D eigenvalue weighted by molar-refractivity contribution is 5.92. The van der Waals surface area contributed by atoms with Gasteiger partial charge in [0.2, 0.25) is 5.95 Å². The van der Waals surface area contributed by atoms with Crippen molar-refractivity contribution in [1.82, 2.24) is 25.3 Å². The van der Waals surface area contributed by atoms with Crippen LogP contribution in [0.3, 0.4) is 0 Å². The Hall–Kier alpha value is -3.01. The predicted octanol–water partition coefficient (Wildman–Crippen LogP) is 3.55. The molecule has 4 heterocycles. The van der Waals surface area contributed by atoms with E-state index in [2.05, 4.69) is 67.7 Å². The number of hydroxylamine groups is 1. The number of fused-ring (bicyclic) bond motifs is 1. The number of rotatable bonds is 8. The van der Waals surface area contributed by atoms with Crippen LogP contribution in [-0.2, 0) is 23.2 Å². The molecule has 0 unspecified atom stereocenters. The van der Waals surface area contributed by atoms with E-state index in [1.165, 1.54) is 16.5 Å². The number of para-hydroxylation sites is 1. The quantitative estimate of drug-likeness (QED) is 0.465. The van der Waals surface area contributed by atoms with Crippen LogP contribution in [0.1, 0.15) is 54.9 Å². The topological polar surface area (TPSA) is 93.5 Å². The standard InChI is InChI=1S/C27H36N6O3/c1-19-6-5-9-25(35-19)36-31-26(34)21-16-29-27(30-17-21)33-12-10-20(11-13-33)14-28-15-22-18-32(2)24-8-4-3-7-23(22)24/h3-4,7-8,16-20,25,28H,5-6,9-15H2,1-2H3,(H,31,34)/t19-,25-/m0/s1. The van der Waals surface area contributed by atoms with Gasteiger partial charge in [0.25, 0.3) is 5.91 Å². The third kappa shape index (κ3) is 5.86. The Balaban J connectivity index is 1.05. The van der Waals surface area contributed by atoms with E-state index in [9.17, 15) is 4.79 Å². The van der Waals surface area contributed by atoms with Crippen molar-refractivity contribution in [2.75, 3.05) is 24.5 Å². The smallest absolute Gasteiger partial charge is 0.278 e. The zero-order valence-electron chi connectivity index (χ0n) is 21.2. The van der Waals surface area contributed by atoms with Gasteiger partial charge in [-0.3, -0.25) is 4.79 Å². The average molecular weight is 493 g/mol. The second-order valence-corrected chi connectivity index (χ2v) is 9.97. The molecule has 0 radical (unpaired) electrons. The molecule has 0 spiro atoms. The molecule has 9 heteroatoms. The Morgan fingerprint density at radius 3 is 2.69 bits per heavy atom. The van der Waals surface area contributed by atoms with Crippen LogP contribution in [0.25, 0.3) is 10.9 Å². The van der Waals surface area contributed by atoms with Crippen molar-refractivity contribution < 1.29 is 14.4 Å². The number of anilines is 1. The van der Waals surface area contributed by atoms with Gasteiger partial charge in [0.05, 0.1) is 11.7 Å². The van der Waals surface area contributed by atoms with Crippen LogP contribution in [-0.4, -0.2) is 52.5 Å². The van der Waals surface area contributed by atoms with Gasteiger partial charge in [0.1, 0.15) is 0 Å². The third-order valence-electron chi connectivity index (χ3n) is 7.24. The molecule has 0 aliphatic carbocycles. The predicted molar refractivity (Wildman–Crippen MR) is 138 cm³/mol. The first-order valence-corrected chi connectivity index (χ1v) is 13.0. The fourth-order valence-corrected chi connectivity index (χ4v) is 5.15. The average Bonchev–Trinajstić information content (AvgIpc) is 3.23. The first-order chi connectivity index (χ1) is 17.6. The first kappa shape index (κ1) is 24.7. The largest absolute Gasteiger partial charge is 0.350 e. The second kappa shape index (κ2) is 11.4. The molecule has 5 rings (SSSR count). The Bertz CT molecular complexity index is 1160. The zero-order chi connectivity index (χ0) is 24.9. The Labute approximate surface area is 212 Å². The number of ether oxygens (including phenoxy) is 1. The maximum Gasteiger partial charge on any atom is 0.278 e. The molecular formula is C27H36N6O3. The molecule has 192 valence electrons. The molecule has 36 heavy (non-hydrogen) atoms. The summed E-state index contributed by atoms with van der Waals surface area (Å²) in [6.45, 7) is 5.71. The number of hydrogen-bond donors (Lipinski definition) is 2. The van der Waals surface area contributed by atoms with E-state index in [-0.39, 0.29) is 12.0 Å². The van der Waals surface area contributed by atoms with Crippen molar-refractivity contribution in [2.24, 2.45) is 13.0 Å². The van der Waals surface area contributed by atoms with E-state index in [4.69, 9.17) is 9.57 Å². The highest BCUT2D eigenvalue weighted by atomic mass is 16.8. The molecule has 1 amide bonds. The van der Waals surface area contributed by atoms with Crippen molar-refractivity contribution in [2.45, 2.75) is 58.0 Å². The van der Waals surface area contributed by atoms with Crippen LogP contribution < -0.4 is 15.7 Å². The van der Waals surface area contributed by atoms with E-state index < -0.39 is 6.29 Å². The van der Waals surface area contributed by atoms with E-state index in [1.807, 2.05) is 6.92 Å². The van der Waals surface area contributed by atoms with Gasteiger partial charge in [-0.15, -0.1) is 0 Å². The number of carbonyl (C=O) groups excluding carboxylic acids is 1. The summed E-state index contributed by atoms with van der Waals surface area (Å²) in [6.07, 6.45) is 10.1. The number of aryl methyl sites for hydroxylation is 1. The number of carbonyl (C=O) groups is 1. The van der Waals surface area contributed by atoms with Crippen LogP contribution in [0, 0.1) is 5.92 Å². The van der Waals surface area contributed by atoms with Gasteiger partial charge < -0.3 is 19.5 Å². The maximum atomic E-state index is 12.4. The van der Waals surface area contributed by atoms with Crippen LogP contribution in [0.4, 0.5) is 5.95 Å². The van der Waals surface area contributed by atoms with Crippen molar-refractivity contribution in [3.63, 3.8) is 0 Å². The number of aromatic nitrogens is 3. The minimum atomic E-state index is -0.402. The second-order valence-electron chi connectivity index (χ2n) is 9.97. The molecule has 2 aliphatic heterocycles. The molecule has 1 aromatic carbocycles. The minimum absolute atomic E-state index is 0.146. The van der Waals surface area contributed by atoms with Gasteiger partial charge in [0.15, 0.2) is 6.29 Å². The van der Waals surface area contributed by atoms with Crippen molar-refractivity contribution in [1.29, 1.82) is 0 Å². The number of nitrogens with zero attached hydrogens (tertiary/aromatic N) is 4. The van der Waals surface area contributed by atoms with Crippen molar-refractivity contribution in [3.8, 4) is 0 Å². The lowest BCUT2D eigenvalue weighted by Gasteiger charge is -2.32.